The second-order valence-electron chi connectivity index (χ2n) is 8.66. The molecule has 0 saturated heterocycles. The molecule has 1 aromatic heterocycles. The molecule has 13 heteroatoms. The van der Waals surface area contributed by atoms with E-state index in [1.54, 1.807) is 68.6 Å². The van der Waals surface area contributed by atoms with Crippen LogP contribution in [0.1, 0.15) is 32.0 Å². The zero-order chi connectivity index (χ0) is 31.0. The van der Waals surface area contributed by atoms with Crippen molar-refractivity contribution in [2.75, 3.05) is 26.1 Å². The molecule has 0 fully saturated rings. The van der Waals surface area contributed by atoms with Crippen LogP contribution in [0.4, 0.5) is 10.5 Å². The van der Waals surface area contributed by atoms with Crippen LogP contribution >= 0.6 is 46.4 Å². The molecule has 1 N–H and O–H groups in total. The number of amides is 2. The Morgan fingerprint density at radius 1 is 0.929 bits per heavy atom. The molecule has 0 spiro atoms. The zero-order valence-corrected chi connectivity index (χ0v) is 26.0. The number of hydrogen-bond donors (Lipinski definition) is 1. The molecule has 4 aromatic rings. The average molecular weight is 652 g/mol. The summed E-state index contributed by atoms with van der Waals surface area (Å²) >= 11 is 23.6. The first-order valence-corrected chi connectivity index (χ1v) is 13.7. The van der Waals surface area contributed by atoms with E-state index in [0.29, 0.717) is 32.0 Å². The summed E-state index contributed by atoms with van der Waals surface area (Å²) in [7, 11) is 4.54. The number of benzene rings is 3. The topological polar surface area (TPSA) is 103 Å². The molecule has 9 nitrogen and oxygen atoms in total. The highest BCUT2D eigenvalue weighted by Gasteiger charge is 2.25. The second kappa shape index (κ2) is 15.0. The van der Waals surface area contributed by atoms with Gasteiger partial charge >= 0.3 is 6.03 Å². The molecule has 0 atom stereocenters. The summed E-state index contributed by atoms with van der Waals surface area (Å²) < 4.78 is 7.11. The summed E-state index contributed by atoms with van der Waals surface area (Å²) in [5.74, 6) is -0.324. The van der Waals surface area contributed by atoms with Crippen molar-refractivity contribution in [3.05, 3.63) is 109 Å². The maximum atomic E-state index is 13.0. The minimum absolute atomic E-state index is 0.197. The van der Waals surface area contributed by atoms with Crippen molar-refractivity contribution >= 4 is 69.7 Å². The predicted octanol–water partition coefficient (Wildman–Crippen LogP) is 7.55. The van der Waals surface area contributed by atoms with E-state index in [9.17, 15) is 14.4 Å². The second-order valence-corrected chi connectivity index (χ2v) is 10.3. The third-order valence-corrected chi connectivity index (χ3v) is 7.03. The normalized spacial score (nSPS) is 10.4. The van der Waals surface area contributed by atoms with Crippen molar-refractivity contribution in [2.45, 2.75) is 6.92 Å². The van der Waals surface area contributed by atoms with Crippen LogP contribution in [0.25, 0.3) is 0 Å². The number of carbonyl (C=O) groups is 3. The van der Waals surface area contributed by atoms with E-state index in [1.807, 2.05) is 6.07 Å². The lowest BCUT2D eigenvalue weighted by molar-refractivity contribution is -0.0598. The highest BCUT2D eigenvalue weighted by atomic mass is 35.5. The van der Waals surface area contributed by atoms with Crippen LogP contribution < -0.4 is 10.1 Å². The minimum Gasteiger partial charge on any atom is -0.469 e. The van der Waals surface area contributed by atoms with Gasteiger partial charge < -0.3 is 10.1 Å². The van der Waals surface area contributed by atoms with Crippen LogP contribution in [0, 0.1) is 6.92 Å². The molecular formula is C29H26Cl4N4O5. The average Bonchev–Trinajstić information content (AvgIpc) is 3.25. The number of ketones is 2. The van der Waals surface area contributed by atoms with E-state index in [-0.39, 0.29) is 40.2 Å². The van der Waals surface area contributed by atoms with Gasteiger partial charge in [0.25, 0.3) is 0 Å². The van der Waals surface area contributed by atoms with E-state index in [1.165, 1.54) is 24.9 Å². The predicted molar refractivity (Wildman–Crippen MR) is 164 cm³/mol. The first-order valence-electron chi connectivity index (χ1n) is 12.2. The molecule has 0 saturated carbocycles. The van der Waals surface area contributed by atoms with Crippen LogP contribution in [0.3, 0.4) is 0 Å². The molecule has 4 rings (SSSR count). The summed E-state index contributed by atoms with van der Waals surface area (Å²) in [5, 5.41) is 9.38. The third kappa shape index (κ3) is 8.47. The molecular weight excluding hydrogens is 626 g/mol. The zero-order valence-electron chi connectivity index (χ0n) is 23.0. The molecule has 0 aliphatic rings. The molecule has 0 aliphatic heterocycles. The molecule has 42 heavy (non-hydrogen) atoms. The van der Waals surface area contributed by atoms with Gasteiger partial charge in [0.2, 0.25) is 11.7 Å². The fourth-order valence-corrected chi connectivity index (χ4v) is 4.36. The molecule has 1 heterocycles. The maximum Gasteiger partial charge on any atom is 0.345 e. The lowest BCUT2D eigenvalue weighted by atomic mass is 10.0. The number of urea groups is 1. The number of hydroxylamine groups is 2. The summed E-state index contributed by atoms with van der Waals surface area (Å²) in [6.45, 7) is 1.49. The Bertz CT molecular complexity index is 1590. The van der Waals surface area contributed by atoms with Crippen molar-refractivity contribution in [1.82, 2.24) is 14.8 Å². The lowest BCUT2D eigenvalue weighted by Crippen LogP contribution is -2.30. The van der Waals surface area contributed by atoms with E-state index >= 15 is 0 Å². The monoisotopic (exact) mass is 650 g/mol. The molecule has 0 bridgehead atoms. The fraction of sp³-hybridized carbons (Fsp3) is 0.172. The number of ether oxygens (including phenoxy) is 1. The van der Waals surface area contributed by atoms with Gasteiger partial charge in [-0.3, -0.25) is 14.4 Å². The summed E-state index contributed by atoms with van der Waals surface area (Å²) in [6, 6.07) is 17.9. The number of aromatic nitrogens is 2. The Balaban J connectivity index is 0.000000274. The van der Waals surface area contributed by atoms with E-state index < -0.39 is 6.03 Å². The summed E-state index contributed by atoms with van der Waals surface area (Å²) in [4.78, 5) is 41.4. The molecule has 0 radical (unpaired) electrons. The van der Waals surface area contributed by atoms with Crippen molar-refractivity contribution in [2.24, 2.45) is 7.05 Å². The van der Waals surface area contributed by atoms with Gasteiger partial charge in [-0.15, -0.1) is 0 Å². The van der Waals surface area contributed by atoms with Crippen LogP contribution in [-0.4, -0.2) is 53.2 Å². The van der Waals surface area contributed by atoms with Gasteiger partial charge in [-0.05, 0) is 43.3 Å². The van der Waals surface area contributed by atoms with E-state index in [2.05, 4.69) is 10.4 Å². The van der Waals surface area contributed by atoms with Gasteiger partial charge in [0.15, 0.2) is 12.4 Å². The molecule has 220 valence electrons. The molecule has 0 aliphatic carbocycles. The number of nitrogens with zero attached hydrogens (tertiary/aromatic N) is 3. The third-order valence-electron chi connectivity index (χ3n) is 5.74. The fourth-order valence-electron chi connectivity index (χ4n) is 3.57. The Labute approximate surface area is 262 Å². The van der Waals surface area contributed by atoms with Gasteiger partial charge in [-0.25, -0.2) is 14.5 Å². The lowest BCUT2D eigenvalue weighted by Gasteiger charge is -2.14. The van der Waals surface area contributed by atoms with Gasteiger partial charge in [-0.2, -0.15) is 5.10 Å². The van der Waals surface area contributed by atoms with Crippen molar-refractivity contribution < 1.29 is 24.0 Å². The van der Waals surface area contributed by atoms with Gasteiger partial charge in [0, 0.05) is 35.9 Å². The standard InChI is InChI=1S/C20H16Cl2N2O3.C9H10Cl2N2O2/c1-12-18(19(26)15-9-8-14(21)10-16(15)22)20(24(2)23-12)27-11-17(25)13-6-4-3-5-7-13;1-13(15-2)9(14)12-6-3-4-7(10)8(11)5-6/h3-10H,11H2,1-2H3;3-5H,1-2H3,(H,12,14). The largest absolute Gasteiger partial charge is 0.469 e. The van der Waals surface area contributed by atoms with E-state index in [0.717, 1.165) is 5.06 Å². The van der Waals surface area contributed by atoms with Crippen molar-refractivity contribution in [3.63, 3.8) is 0 Å². The number of nitrogens with one attached hydrogen (secondary N) is 1. The summed E-state index contributed by atoms with van der Waals surface area (Å²) in [5.41, 5.74) is 2.12. The Morgan fingerprint density at radius 2 is 1.62 bits per heavy atom. The van der Waals surface area contributed by atoms with Crippen LogP contribution in [-0.2, 0) is 11.9 Å². The van der Waals surface area contributed by atoms with E-state index in [4.69, 9.17) is 56.0 Å². The van der Waals surface area contributed by atoms with Crippen molar-refractivity contribution in [3.8, 4) is 5.88 Å². The van der Waals surface area contributed by atoms with Crippen molar-refractivity contribution in [1.29, 1.82) is 0 Å². The first kappa shape index (κ1) is 32.9. The number of aryl methyl sites for hydroxylation is 2. The SMILES string of the molecule is CON(C)C(=O)Nc1ccc(Cl)c(Cl)c1.Cc1nn(C)c(OCC(=O)c2ccccc2)c1C(=O)c1ccc(Cl)cc1Cl. The Hall–Kier alpha value is -3.60. The molecule has 0 unspecified atom stereocenters. The summed E-state index contributed by atoms with van der Waals surface area (Å²) in [6.07, 6.45) is 0. The quantitative estimate of drug-likeness (QED) is 0.156. The minimum atomic E-state index is -0.393. The van der Waals surface area contributed by atoms with Crippen LogP contribution in [0.5, 0.6) is 5.88 Å². The van der Waals surface area contributed by atoms with Gasteiger partial charge in [0.05, 0.1) is 27.9 Å². The Kier molecular flexibility index (Phi) is 11.8. The smallest absolute Gasteiger partial charge is 0.345 e. The number of rotatable bonds is 8. The number of carbonyl (C=O) groups excluding carboxylic acids is 3. The van der Waals surface area contributed by atoms with Crippen LogP contribution in [0.2, 0.25) is 20.1 Å². The maximum absolute atomic E-state index is 13.0. The molecule has 3 aromatic carbocycles. The number of Topliss-reactive ketones (excluding diaryl/α,β-unsaturated/α-hetero) is 1. The Morgan fingerprint density at radius 3 is 2.24 bits per heavy atom. The number of halogens is 4. The van der Waals surface area contributed by atoms with Crippen LogP contribution in [0.15, 0.2) is 66.7 Å². The highest BCUT2D eigenvalue weighted by Crippen LogP contribution is 2.29. The highest BCUT2D eigenvalue weighted by molar-refractivity contribution is 6.42. The molecule has 2 amide bonds. The first-order chi connectivity index (χ1) is 19.9. The number of anilines is 1. The van der Waals surface area contributed by atoms with Gasteiger partial charge in [-0.1, -0.05) is 76.7 Å². The van der Waals surface area contributed by atoms with Gasteiger partial charge in [0.1, 0.15) is 5.56 Å². The number of hydrogen-bond acceptors (Lipinski definition) is 6.